The van der Waals surface area contributed by atoms with E-state index in [2.05, 4.69) is 5.32 Å². The van der Waals surface area contributed by atoms with Crippen molar-refractivity contribution in [2.75, 3.05) is 32.1 Å². The number of rotatable bonds is 8. The number of nitrogens with zero attached hydrogens (tertiary/aromatic N) is 2. The number of carbonyl (C=O) groups excluding carboxylic acids is 2. The Morgan fingerprint density at radius 3 is 2.36 bits per heavy atom. The SMILES string of the molecule is COc1ccc(-c2cc([N+](=O)[O-])ccc2OCC(=O)N2CCC(C(=O)Nc3ccccc3)CC2)cc1. The molecule has 0 unspecified atom stereocenters. The molecule has 9 heteroatoms. The highest BCUT2D eigenvalue weighted by atomic mass is 16.6. The molecule has 0 saturated carbocycles. The number of benzene rings is 3. The number of anilines is 1. The normalized spacial score (nSPS) is 13.6. The molecule has 3 aromatic carbocycles. The Morgan fingerprint density at radius 1 is 1.03 bits per heavy atom. The van der Waals surface area contributed by atoms with Crippen molar-refractivity contribution in [2.24, 2.45) is 5.92 Å². The topological polar surface area (TPSA) is 111 Å². The number of hydrogen-bond donors (Lipinski definition) is 1. The number of carbonyl (C=O) groups is 2. The van der Waals surface area contributed by atoms with E-state index in [4.69, 9.17) is 9.47 Å². The second-order valence-electron chi connectivity index (χ2n) is 8.47. The van der Waals surface area contributed by atoms with E-state index in [1.807, 2.05) is 30.3 Å². The number of non-ortho nitro benzene ring substituents is 1. The number of amides is 2. The van der Waals surface area contributed by atoms with Crippen molar-refractivity contribution in [2.45, 2.75) is 12.8 Å². The van der Waals surface area contributed by atoms with Gasteiger partial charge in [0.05, 0.1) is 12.0 Å². The third-order valence-electron chi connectivity index (χ3n) is 6.19. The Morgan fingerprint density at radius 2 is 1.72 bits per heavy atom. The van der Waals surface area contributed by atoms with Gasteiger partial charge in [-0.1, -0.05) is 30.3 Å². The van der Waals surface area contributed by atoms with Gasteiger partial charge in [0.15, 0.2) is 6.61 Å². The van der Waals surface area contributed by atoms with Gasteiger partial charge in [-0.15, -0.1) is 0 Å². The fourth-order valence-electron chi connectivity index (χ4n) is 4.14. The van der Waals surface area contributed by atoms with Crippen LogP contribution in [0.1, 0.15) is 12.8 Å². The van der Waals surface area contributed by atoms with Gasteiger partial charge in [0.1, 0.15) is 11.5 Å². The molecule has 0 spiro atoms. The molecule has 3 aromatic rings. The van der Waals surface area contributed by atoms with Crippen LogP contribution in [0.3, 0.4) is 0 Å². The average molecular weight is 490 g/mol. The van der Waals surface area contributed by atoms with Crippen molar-refractivity contribution < 1.29 is 24.0 Å². The van der Waals surface area contributed by atoms with Crippen LogP contribution >= 0.6 is 0 Å². The van der Waals surface area contributed by atoms with Crippen LogP contribution in [-0.2, 0) is 9.59 Å². The van der Waals surface area contributed by atoms with Gasteiger partial charge < -0.3 is 19.7 Å². The zero-order chi connectivity index (χ0) is 25.5. The predicted molar refractivity (Wildman–Crippen MR) is 135 cm³/mol. The fourth-order valence-corrected chi connectivity index (χ4v) is 4.14. The van der Waals surface area contributed by atoms with Crippen LogP contribution < -0.4 is 14.8 Å². The first kappa shape index (κ1) is 24.7. The molecule has 1 saturated heterocycles. The maximum atomic E-state index is 12.8. The molecule has 1 aliphatic rings. The van der Waals surface area contributed by atoms with Crippen LogP contribution in [-0.4, -0.2) is 48.4 Å². The molecule has 9 nitrogen and oxygen atoms in total. The number of piperidine rings is 1. The third-order valence-corrected chi connectivity index (χ3v) is 6.19. The minimum absolute atomic E-state index is 0.0421. The smallest absolute Gasteiger partial charge is 0.270 e. The van der Waals surface area contributed by atoms with E-state index in [0.29, 0.717) is 48.6 Å². The Hall–Kier alpha value is -4.40. The van der Waals surface area contributed by atoms with E-state index in [1.165, 1.54) is 18.2 Å². The molecular weight excluding hydrogens is 462 g/mol. The number of nitro benzene ring substituents is 1. The third kappa shape index (κ3) is 5.99. The molecule has 1 N–H and O–H groups in total. The number of nitrogens with one attached hydrogen (secondary N) is 1. The van der Waals surface area contributed by atoms with Crippen molar-refractivity contribution in [1.29, 1.82) is 0 Å². The number of nitro groups is 1. The van der Waals surface area contributed by atoms with E-state index in [1.54, 1.807) is 36.3 Å². The van der Waals surface area contributed by atoms with E-state index in [-0.39, 0.29) is 30.0 Å². The second-order valence-corrected chi connectivity index (χ2v) is 8.47. The van der Waals surface area contributed by atoms with Gasteiger partial charge in [0.2, 0.25) is 5.91 Å². The van der Waals surface area contributed by atoms with Gasteiger partial charge in [-0.05, 0) is 48.7 Å². The van der Waals surface area contributed by atoms with Gasteiger partial charge >= 0.3 is 0 Å². The maximum absolute atomic E-state index is 12.8. The molecule has 0 atom stereocenters. The first-order valence-corrected chi connectivity index (χ1v) is 11.6. The summed E-state index contributed by atoms with van der Waals surface area (Å²) in [5.74, 6) is 0.626. The molecule has 0 radical (unpaired) electrons. The van der Waals surface area contributed by atoms with Crippen molar-refractivity contribution >= 4 is 23.2 Å². The predicted octanol–water partition coefficient (Wildman–Crippen LogP) is 4.53. The minimum Gasteiger partial charge on any atom is -0.497 e. The Kier molecular flexibility index (Phi) is 7.79. The van der Waals surface area contributed by atoms with Crippen molar-refractivity contribution in [3.05, 3.63) is 82.9 Å². The summed E-state index contributed by atoms with van der Waals surface area (Å²) in [5, 5.41) is 14.2. The zero-order valence-electron chi connectivity index (χ0n) is 19.9. The lowest BCUT2D eigenvalue weighted by molar-refractivity contribution is -0.384. The maximum Gasteiger partial charge on any atom is 0.270 e. The Bertz CT molecular complexity index is 1220. The molecule has 36 heavy (non-hydrogen) atoms. The molecule has 0 aromatic heterocycles. The summed E-state index contributed by atoms with van der Waals surface area (Å²) in [5.41, 5.74) is 1.89. The summed E-state index contributed by atoms with van der Waals surface area (Å²) >= 11 is 0. The van der Waals surface area contributed by atoms with Crippen LogP contribution in [0.15, 0.2) is 72.8 Å². The van der Waals surface area contributed by atoms with Crippen LogP contribution in [0.25, 0.3) is 11.1 Å². The highest BCUT2D eigenvalue weighted by Crippen LogP contribution is 2.34. The van der Waals surface area contributed by atoms with Crippen LogP contribution in [0.4, 0.5) is 11.4 Å². The van der Waals surface area contributed by atoms with Crippen LogP contribution in [0.5, 0.6) is 11.5 Å². The number of ether oxygens (including phenoxy) is 2. The van der Waals surface area contributed by atoms with Crippen LogP contribution in [0, 0.1) is 16.0 Å². The minimum atomic E-state index is -0.472. The Labute approximate surface area is 208 Å². The summed E-state index contributed by atoms with van der Waals surface area (Å²) in [6.07, 6.45) is 1.14. The summed E-state index contributed by atoms with van der Waals surface area (Å²) < 4.78 is 11.0. The molecule has 1 fully saturated rings. The zero-order valence-corrected chi connectivity index (χ0v) is 19.9. The molecule has 1 aliphatic heterocycles. The lowest BCUT2D eigenvalue weighted by atomic mass is 9.95. The number of methoxy groups -OCH3 is 1. The van der Waals surface area contributed by atoms with E-state index >= 15 is 0 Å². The molecule has 0 aliphatic carbocycles. The fraction of sp³-hybridized carbons (Fsp3) is 0.259. The van der Waals surface area contributed by atoms with Gasteiger partial charge in [-0.2, -0.15) is 0 Å². The van der Waals surface area contributed by atoms with E-state index in [0.717, 1.165) is 5.69 Å². The first-order valence-electron chi connectivity index (χ1n) is 11.6. The van der Waals surface area contributed by atoms with Gasteiger partial charge in [-0.3, -0.25) is 19.7 Å². The summed E-state index contributed by atoms with van der Waals surface area (Å²) in [4.78, 5) is 37.9. The quantitative estimate of drug-likeness (QED) is 0.368. The van der Waals surface area contributed by atoms with E-state index in [9.17, 15) is 19.7 Å². The second kappa shape index (κ2) is 11.4. The standard InChI is InChI=1S/C27H27N3O6/c1-35-23-10-7-19(8-11-23)24-17-22(30(33)34)9-12-25(24)36-18-26(31)29-15-13-20(14-16-29)27(32)28-21-5-3-2-4-6-21/h2-12,17,20H,13-16,18H2,1H3,(H,28,32). The number of likely N-dealkylation sites (tertiary alicyclic amines) is 1. The lowest BCUT2D eigenvalue weighted by Gasteiger charge is -2.31. The van der Waals surface area contributed by atoms with E-state index < -0.39 is 4.92 Å². The summed E-state index contributed by atoms with van der Waals surface area (Å²) in [6.45, 7) is 0.711. The van der Waals surface area contributed by atoms with Crippen LogP contribution in [0.2, 0.25) is 0 Å². The van der Waals surface area contributed by atoms with Gasteiger partial charge in [0.25, 0.3) is 11.6 Å². The average Bonchev–Trinajstić information content (AvgIpc) is 2.92. The molecule has 2 amide bonds. The van der Waals surface area contributed by atoms with Crippen molar-refractivity contribution in [3.8, 4) is 22.6 Å². The number of para-hydroxylation sites is 1. The van der Waals surface area contributed by atoms with Crippen molar-refractivity contribution in [1.82, 2.24) is 4.90 Å². The lowest BCUT2D eigenvalue weighted by Crippen LogP contribution is -2.43. The summed E-state index contributed by atoms with van der Waals surface area (Å²) in [7, 11) is 1.56. The Balaban J connectivity index is 1.37. The molecule has 186 valence electrons. The monoisotopic (exact) mass is 489 g/mol. The van der Waals surface area contributed by atoms with Gasteiger partial charge in [-0.25, -0.2) is 0 Å². The molecule has 0 bridgehead atoms. The highest BCUT2D eigenvalue weighted by Gasteiger charge is 2.28. The van der Waals surface area contributed by atoms with Crippen molar-refractivity contribution in [3.63, 3.8) is 0 Å². The summed E-state index contributed by atoms with van der Waals surface area (Å²) in [6, 6.07) is 20.6. The van der Waals surface area contributed by atoms with Gasteiger partial charge in [0, 0.05) is 42.4 Å². The molecule has 1 heterocycles. The largest absolute Gasteiger partial charge is 0.497 e. The first-order chi connectivity index (χ1) is 17.4. The molecule has 4 rings (SSSR count). The number of hydrogen-bond acceptors (Lipinski definition) is 6. The highest BCUT2D eigenvalue weighted by molar-refractivity contribution is 5.92. The molecular formula is C27H27N3O6.